The van der Waals surface area contributed by atoms with Gasteiger partial charge in [-0.25, -0.2) is 0 Å². The number of Topliss-reactive ketones (excluding diaryl/α,β-unsaturated/α-hetero) is 1. The van der Waals surface area contributed by atoms with Crippen molar-refractivity contribution in [2.24, 2.45) is 0 Å². The lowest BCUT2D eigenvalue weighted by molar-refractivity contribution is -0.125. The van der Waals surface area contributed by atoms with Crippen molar-refractivity contribution in [3.8, 4) is 0 Å². The van der Waals surface area contributed by atoms with Crippen LogP contribution in [0.5, 0.6) is 0 Å². The van der Waals surface area contributed by atoms with E-state index in [0.717, 1.165) is 4.88 Å². The molecule has 1 N–H and O–H groups in total. The molecular weight excluding hydrogens is 258 g/mol. The highest BCUT2D eigenvalue weighted by atomic mass is 32.2. The van der Waals surface area contributed by atoms with Crippen LogP contribution in [0.1, 0.15) is 11.8 Å². The Kier molecular flexibility index (Phi) is 5.50. The van der Waals surface area contributed by atoms with Crippen LogP contribution in [0.4, 0.5) is 0 Å². The Bertz CT molecular complexity index is 414. The number of hydrogen-bond acceptors (Lipinski definition) is 4. The van der Waals surface area contributed by atoms with E-state index in [1.165, 1.54) is 24.5 Å². The van der Waals surface area contributed by atoms with Gasteiger partial charge >= 0.3 is 0 Å². The van der Waals surface area contributed by atoms with E-state index in [2.05, 4.69) is 5.32 Å². The zero-order valence-corrected chi connectivity index (χ0v) is 11.4. The fraction of sp³-hybridized carbons (Fsp3) is 0.455. The molecule has 0 bridgehead atoms. The van der Waals surface area contributed by atoms with Gasteiger partial charge in [0.1, 0.15) is 0 Å². The molecule has 1 heterocycles. The lowest BCUT2D eigenvalue weighted by Crippen LogP contribution is -2.43. The molecule has 94 valence electrons. The average Bonchev–Trinajstić information content (AvgIpc) is 2.67. The standard InChI is InChI=1S/C11H15NO3S2/c1-8(13)12-10(11(14)7-17(2)15)6-9-4-3-5-16-9/h3-5,10H,6-7H2,1-2H3,(H,12,13). The molecule has 0 aliphatic carbocycles. The molecule has 0 aromatic carbocycles. The largest absolute Gasteiger partial charge is 0.346 e. The molecule has 0 saturated heterocycles. The zero-order chi connectivity index (χ0) is 12.8. The highest BCUT2D eigenvalue weighted by Crippen LogP contribution is 2.11. The molecule has 0 saturated carbocycles. The van der Waals surface area contributed by atoms with E-state index in [4.69, 9.17) is 0 Å². The number of hydrogen-bond donors (Lipinski definition) is 1. The van der Waals surface area contributed by atoms with Crippen LogP contribution in [-0.4, -0.2) is 33.9 Å². The fourth-order valence-electron chi connectivity index (χ4n) is 1.42. The molecule has 0 aliphatic heterocycles. The van der Waals surface area contributed by atoms with Crippen LogP contribution in [0.25, 0.3) is 0 Å². The Morgan fingerprint density at radius 2 is 2.24 bits per heavy atom. The predicted molar refractivity (Wildman–Crippen MR) is 69.6 cm³/mol. The predicted octanol–water partition coefficient (Wildman–Crippen LogP) is 0.743. The number of amides is 1. The van der Waals surface area contributed by atoms with Gasteiger partial charge in [-0.3, -0.25) is 13.8 Å². The van der Waals surface area contributed by atoms with Gasteiger partial charge in [-0.2, -0.15) is 0 Å². The highest BCUT2D eigenvalue weighted by molar-refractivity contribution is 7.85. The maximum absolute atomic E-state index is 11.8. The van der Waals surface area contributed by atoms with E-state index in [1.807, 2.05) is 17.5 Å². The number of nitrogens with one attached hydrogen (secondary N) is 1. The molecule has 0 radical (unpaired) electrons. The van der Waals surface area contributed by atoms with Gasteiger partial charge in [0.25, 0.3) is 0 Å². The van der Waals surface area contributed by atoms with Crippen LogP contribution in [-0.2, 0) is 26.8 Å². The number of ketones is 1. The van der Waals surface area contributed by atoms with Crippen molar-refractivity contribution in [2.45, 2.75) is 19.4 Å². The van der Waals surface area contributed by atoms with E-state index in [0.29, 0.717) is 6.42 Å². The third-order valence-corrected chi connectivity index (χ3v) is 3.69. The van der Waals surface area contributed by atoms with Crippen LogP contribution in [0.3, 0.4) is 0 Å². The molecule has 2 unspecified atom stereocenters. The van der Waals surface area contributed by atoms with Gasteiger partial charge in [0.2, 0.25) is 5.91 Å². The number of rotatable bonds is 6. The Balaban J connectivity index is 2.69. The van der Waals surface area contributed by atoms with Gasteiger partial charge in [-0.15, -0.1) is 11.3 Å². The lowest BCUT2D eigenvalue weighted by atomic mass is 10.1. The first-order valence-electron chi connectivity index (χ1n) is 5.11. The fourth-order valence-corrected chi connectivity index (χ4v) is 2.78. The Morgan fingerprint density at radius 1 is 1.53 bits per heavy atom. The van der Waals surface area contributed by atoms with Crippen LogP contribution in [0.15, 0.2) is 17.5 Å². The first kappa shape index (κ1) is 14.1. The Hall–Kier alpha value is -1.01. The van der Waals surface area contributed by atoms with Gasteiger partial charge < -0.3 is 5.32 Å². The van der Waals surface area contributed by atoms with Crippen molar-refractivity contribution in [3.05, 3.63) is 22.4 Å². The first-order valence-corrected chi connectivity index (χ1v) is 7.72. The molecule has 1 amide bonds. The zero-order valence-electron chi connectivity index (χ0n) is 9.76. The van der Waals surface area contributed by atoms with E-state index < -0.39 is 16.8 Å². The highest BCUT2D eigenvalue weighted by Gasteiger charge is 2.21. The van der Waals surface area contributed by atoms with Gasteiger partial charge in [-0.05, 0) is 11.4 Å². The van der Waals surface area contributed by atoms with Crippen LogP contribution >= 0.6 is 11.3 Å². The summed E-state index contributed by atoms with van der Waals surface area (Å²) in [6.45, 7) is 1.37. The van der Waals surface area contributed by atoms with Gasteiger partial charge in [0, 0.05) is 35.3 Å². The second-order valence-corrected chi connectivity index (χ2v) is 6.19. The molecule has 4 nitrogen and oxygen atoms in total. The SMILES string of the molecule is CC(=O)NC(Cc1cccs1)C(=O)CS(C)=O. The molecule has 0 spiro atoms. The van der Waals surface area contributed by atoms with Crippen molar-refractivity contribution in [1.29, 1.82) is 0 Å². The van der Waals surface area contributed by atoms with Gasteiger partial charge in [-0.1, -0.05) is 6.07 Å². The van der Waals surface area contributed by atoms with Crippen molar-refractivity contribution in [1.82, 2.24) is 5.32 Å². The van der Waals surface area contributed by atoms with Gasteiger partial charge in [0.05, 0.1) is 11.8 Å². The summed E-state index contributed by atoms with van der Waals surface area (Å²) in [5.74, 6) is -0.452. The van der Waals surface area contributed by atoms with Crippen molar-refractivity contribution in [3.63, 3.8) is 0 Å². The maximum Gasteiger partial charge on any atom is 0.217 e. The second-order valence-electron chi connectivity index (χ2n) is 3.72. The summed E-state index contributed by atoms with van der Waals surface area (Å²) in [5.41, 5.74) is 0. The summed E-state index contributed by atoms with van der Waals surface area (Å²) >= 11 is 1.54. The summed E-state index contributed by atoms with van der Waals surface area (Å²) in [5, 5.41) is 4.53. The maximum atomic E-state index is 11.8. The van der Waals surface area contributed by atoms with Crippen molar-refractivity contribution in [2.75, 3.05) is 12.0 Å². The van der Waals surface area contributed by atoms with E-state index in [1.54, 1.807) is 0 Å². The third-order valence-electron chi connectivity index (χ3n) is 2.10. The Morgan fingerprint density at radius 3 is 2.71 bits per heavy atom. The Labute approximate surface area is 107 Å². The van der Waals surface area contributed by atoms with Crippen LogP contribution < -0.4 is 5.32 Å². The summed E-state index contributed by atoms with van der Waals surface area (Å²) < 4.78 is 11.0. The van der Waals surface area contributed by atoms with Crippen LogP contribution in [0.2, 0.25) is 0 Å². The second kappa shape index (κ2) is 6.66. The smallest absolute Gasteiger partial charge is 0.217 e. The number of carbonyl (C=O) groups is 2. The van der Waals surface area contributed by atoms with Crippen LogP contribution in [0, 0.1) is 0 Å². The first-order chi connectivity index (χ1) is 7.99. The summed E-state index contributed by atoms with van der Waals surface area (Å²) in [7, 11) is -1.18. The molecule has 1 aromatic rings. The topological polar surface area (TPSA) is 63.2 Å². The molecule has 17 heavy (non-hydrogen) atoms. The molecule has 0 aliphatic rings. The minimum atomic E-state index is -1.18. The molecule has 6 heteroatoms. The minimum Gasteiger partial charge on any atom is -0.346 e. The van der Waals surface area contributed by atoms with Gasteiger partial charge in [0.15, 0.2) is 5.78 Å². The summed E-state index contributed by atoms with van der Waals surface area (Å²) in [6, 6.07) is 3.23. The normalized spacial score (nSPS) is 14.0. The van der Waals surface area contributed by atoms with E-state index in [-0.39, 0.29) is 17.4 Å². The van der Waals surface area contributed by atoms with Crippen molar-refractivity contribution >= 4 is 33.8 Å². The number of carbonyl (C=O) groups excluding carboxylic acids is 2. The minimum absolute atomic E-state index is 0.0175. The molecular formula is C11H15NO3S2. The quantitative estimate of drug-likeness (QED) is 0.831. The third kappa shape index (κ3) is 5.23. The molecule has 2 atom stereocenters. The van der Waals surface area contributed by atoms with Crippen molar-refractivity contribution < 1.29 is 13.8 Å². The molecule has 1 rings (SSSR count). The molecule has 0 fully saturated rings. The average molecular weight is 273 g/mol. The van der Waals surface area contributed by atoms with E-state index >= 15 is 0 Å². The number of thiophene rings is 1. The van der Waals surface area contributed by atoms with E-state index in [9.17, 15) is 13.8 Å². The monoisotopic (exact) mass is 273 g/mol. The lowest BCUT2D eigenvalue weighted by Gasteiger charge is -2.15. The summed E-state index contributed by atoms with van der Waals surface area (Å²) in [4.78, 5) is 23.9. The molecule has 1 aromatic heterocycles. The summed E-state index contributed by atoms with van der Waals surface area (Å²) in [6.07, 6.45) is 1.95.